The highest BCUT2D eigenvalue weighted by Crippen LogP contribution is 2.31. The Kier molecular flexibility index (Phi) is 3.57. The zero-order chi connectivity index (χ0) is 12.5. The van der Waals surface area contributed by atoms with Gasteiger partial charge in [-0.2, -0.15) is 0 Å². The van der Waals surface area contributed by atoms with E-state index < -0.39 is 9.84 Å². The van der Waals surface area contributed by atoms with Crippen molar-refractivity contribution in [2.45, 2.75) is 49.7 Å². The minimum absolute atomic E-state index is 0.172. The summed E-state index contributed by atoms with van der Waals surface area (Å²) >= 11 is 0. The van der Waals surface area contributed by atoms with Gasteiger partial charge in [0.15, 0.2) is 9.84 Å². The molecular formula is C14H20O2S. The van der Waals surface area contributed by atoms with Gasteiger partial charge in [0, 0.05) is 0 Å². The van der Waals surface area contributed by atoms with Gasteiger partial charge in [0.25, 0.3) is 0 Å². The van der Waals surface area contributed by atoms with Gasteiger partial charge in [-0.25, -0.2) is 8.42 Å². The van der Waals surface area contributed by atoms with Gasteiger partial charge < -0.3 is 0 Å². The second-order valence-electron chi connectivity index (χ2n) is 5.25. The summed E-state index contributed by atoms with van der Waals surface area (Å²) in [5, 5.41) is -0.172. The van der Waals surface area contributed by atoms with Crippen LogP contribution in [0.25, 0.3) is 0 Å². The molecule has 94 valence electrons. The fourth-order valence-corrected chi connectivity index (χ4v) is 4.54. The number of aryl methyl sites for hydroxylation is 1. The molecule has 1 aliphatic carbocycles. The summed E-state index contributed by atoms with van der Waals surface area (Å²) in [4.78, 5) is 0.488. The lowest BCUT2D eigenvalue weighted by molar-refractivity contribution is 0.382. The molecule has 2 unspecified atom stereocenters. The molecule has 0 saturated heterocycles. The monoisotopic (exact) mass is 252 g/mol. The zero-order valence-corrected chi connectivity index (χ0v) is 11.3. The van der Waals surface area contributed by atoms with Crippen LogP contribution in [0.2, 0.25) is 0 Å². The summed E-state index contributed by atoms with van der Waals surface area (Å²) in [6, 6.07) is 7.23. The minimum Gasteiger partial charge on any atom is -0.223 e. The third-order valence-electron chi connectivity index (χ3n) is 3.68. The van der Waals surface area contributed by atoms with Gasteiger partial charge in [0.2, 0.25) is 0 Å². The van der Waals surface area contributed by atoms with Crippen LogP contribution in [0.3, 0.4) is 0 Å². The Morgan fingerprint density at radius 1 is 1.12 bits per heavy atom. The molecule has 1 aliphatic rings. The first kappa shape index (κ1) is 12.6. The Bertz CT molecular complexity index is 473. The summed E-state index contributed by atoms with van der Waals surface area (Å²) in [6.45, 7) is 4.12. The first-order valence-corrected chi connectivity index (χ1v) is 7.85. The van der Waals surface area contributed by atoms with Crippen LogP contribution in [0.5, 0.6) is 0 Å². The number of hydrogen-bond donors (Lipinski definition) is 0. The molecule has 0 aromatic heterocycles. The summed E-state index contributed by atoms with van der Waals surface area (Å²) in [5.41, 5.74) is 1.10. The maximum atomic E-state index is 12.4. The number of sulfone groups is 1. The quantitative estimate of drug-likeness (QED) is 0.809. The van der Waals surface area contributed by atoms with E-state index in [0.717, 1.165) is 24.8 Å². The van der Waals surface area contributed by atoms with Crippen molar-refractivity contribution in [1.82, 2.24) is 0 Å². The van der Waals surface area contributed by atoms with Crippen LogP contribution in [-0.2, 0) is 9.84 Å². The molecule has 2 rings (SSSR count). The van der Waals surface area contributed by atoms with Crippen molar-refractivity contribution < 1.29 is 8.42 Å². The van der Waals surface area contributed by atoms with Crippen LogP contribution in [0.1, 0.15) is 38.2 Å². The smallest absolute Gasteiger partial charge is 0.181 e. The highest BCUT2D eigenvalue weighted by atomic mass is 32.2. The molecule has 3 heteroatoms. The standard InChI is InChI=1S/C14H20O2S/c1-11-6-8-13(9-7-11)17(15,16)14-5-3-4-12(2)10-14/h6-9,12,14H,3-5,10H2,1-2H3. The van der Waals surface area contributed by atoms with Crippen molar-refractivity contribution in [3.63, 3.8) is 0 Å². The minimum atomic E-state index is -3.11. The normalized spacial score (nSPS) is 25.8. The Morgan fingerprint density at radius 2 is 1.76 bits per heavy atom. The third-order valence-corrected chi connectivity index (χ3v) is 5.91. The lowest BCUT2D eigenvalue weighted by atomic mass is 9.91. The van der Waals surface area contributed by atoms with E-state index in [1.165, 1.54) is 6.42 Å². The van der Waals surface area contributed by atoms with E-state index in [0.29, 0.717) is 10.8 Å². The highest BCUT2D eigenvalue weighted by Gasteiger charge is 2.31. The topological polar surface area (TPSA) is 34.1 Å². The molecule has 0 aliphatic heterocycles. The molecule has 2 atom stereocenters. The lowest BCUT2D eigenvalue weighted by Crippen LogP contribution is -2.27. The Hall–Kier alpha value is -0.830. The van der Waals surface area contributed by atoms with E-state index in [1.54, 1.807) is 12.1 Å². The van der Waals surface area contributed by atoms with Crippen molar-refractivity contribution in [2.24, 2.45) is 5.92 Å². The number of benzene rings is 1. The number of hydrogen-bond acceptors (Lipinski definition) is 2. The van der Waals surface area contributed by atoms with Crippen LogP contribution in [0.15, 0.2) is 29.2 Å². The highest BCUT2D eigenvalue weighted by molar-refractivity contribution is 7.92. The van der Waals surface area contributed by atoms with Crippen LogP contribution >= 0.6 is 0 Å². The van der Waals surface area contributed by atoms with E-state index in [-0.39, 0.29) is 5.25 Å². The van der Waals surface area contributed by atoms with Gasteiger partial charge in [-0.3, -0.25) is 0 Å². The molecule has 0 radical (unpaired) electrons. The summed E-state index contributed by atoms with van der Waals surface area (Å²) in [5.74, 6) is 0.536. The van der Waals surface area contributed by atoms with E-state index in [9.17, 15) is 8.42 Å². The van der Waals surface area contributed by atoms with Gasteiger partial charge in [0.05, 0.1) is 10.1 Å². The summed E-state index contributed by atoms with van der Waals surface area (Å²) < 4.78 is 24.9. The molecule has 0 heterocycles. The summed E-state index contributed by atoms with van der Waals surface area (Å²) in [6.07, 6.45) is 3.84. The average molecular weight is 252 g/mol. The molecule has 2 nitrogen and oxygen atoms in total. The maximum absolute atomic E-state index is 12.4. The predicted molar refractivity (Wildman–Crippen MR) is 69.8 cm³/mol. The predicted octanol–water partition coefficient (Wildman–Crippen LogP) is 3.35. The van der Waals surface area contributed by atoms with Crippen molar-refractivity contribution in [2.75, 3.05) is 0 Å². The molecule has 1 aromatic carbocycles. The first-order chi connectivity index (χ1) is 8.00. The molecule has 1 fully saturated rings. The fraction of sp³-hybridized carbons (Fsp3) is 0.571. The Morgan fingerprint density at radius 3 is 2.35 bits per heavy atom. The molecule has 1 saturated carbocycles. The van der Waals surface area contributed by atoms with Crippen LogP contribution in [0, 0.1) is 12.8 Å². The zero-order valence-electron chi connectivity index (χ0n) is 10.5. The van der Waals surface area contributed by atoms with E-state index in [2.05, 4.69) is 6.92 Å². The summed E-state index contributed by atoms with van der Waals surface area (Å²) in [7, 11) is -3.11. The Labute approximate surface area is 104 Å². The van der Waals surface area contributed by atoms with E-state index >= 15 is 0 Å². The number of rotatable bonds is 2. The SMILES string of the molecule is Cc1ccc(S(=O)(=O)C2CCCC(C)C2)cc1. The van der Waals surface area contributed by atoms with Gasteiger partial charge in [-0.15, -0.1) is 0 Å². The van der Waals surface area contributed by atoms with Crippen LogP contribution < -0.4 is 0 Å². The van der Waals surface area contributed by atoms with Crippen molar-refractivity contribution in [1.29, 1.82) is 0 Å². The van der Waals surface area contributed by atoms with Crippen LogP contribution in [-0.4, -0.2) is 13.7 Å². The molecule has 0 N–H and O–H groups in total. The molecule has 0 amide bonds. The van der Waals surface area contributed by atoms with Gasteiger partial charge in [-0.1, -0.05) is 37.5 Å². The van der Waals surface area contributed by atoms with Crippen molar-refractivity contribution >= 4 is 9.84 Å². The average Bonchev–Trinajstić information content (AvgIpc) is 2.29. The second kappa shape index (κ2) is 4.81. The molecule has 17 heavy (non-hydrogen) atoms. The molecule has 1 aromatic rings. The first-order valence-electron chi connectivity index (χ1n) is 6.30. The largest absolute Gasteiger partial charge is 0.223 e. The maximum Gasteiger partial charge on any atom is 0.181 e. The fourth-order valence-electron chi connectivity index (χ4n) is 2.58. The lowest BCUT2D eigenvalue weighted by Gasteiger charge is -2.26. The third kappa shape index (κ3) is 2.71. The second-order valence-corrected chi connectivity index (χ2v) is 7.48. The van der Waals surface area contributed by atoms with Gasteiger partial charge in [0.1, 0.15) is 0 Å². The molecule has 0 bridgehead atoms. The van der Waals surface area contributed by atoms with Crippen LogP contribution in [0.4, 0.5) is 0 Å². The Balaban J connectivity index is 2.26. The molecule has 0 spiro atoms. The van der Waals surface area contributed by atoms with Crippen molar-refractivity contribution in [3.8, 4) is 0 Å². The van der Waals surface area contributed by atoms with Crippen molar-refractivity contribution in [3.05, 3.63) is 29.8 Å². The molecular weight excluding hydrogens is 232 g/mol. The van der Waals surface area contributed by atoms with E-state index in [4.69, 9.17) is 0 Å². The van der Waals surface area contributed by atoms with Gasteiger partial charge >= 0.3 is 0 Å². The van der Waals surface area contributed by atoms with Gasteiger partial charge in [-0.05, 0) is 37.8 Å². The van der Waals surface area contributed by atoms with E-state index in [1.807, 2.05) is 19.1 Å².